The molecule has 0 atom stereocenters. The molecule has 0 saturated carbocycles. The van der Waals surface area contributed by atoms with Gasteiger partial charge in [-0.15, -0.1) is 0 Å². The fourth-order valence-corrected chi connectivity index (χ4v) is 4.06. The molecule has 31 heavy (non-hydrogen) atoms. The fourth-order valence-electron chi connectivity index (χ4n) is 3.05. The van der Waals surface area contributed by atoms with E-state index in [1.54, 1.807) is 54.6 Å². The highest BCUT2D eigenvalue weighted by Crippen LogP contribution is 2.27. The Bertz CT molecular complexity index is 1180. The van der Waals surface area contributed by atoms with Crippen molar-refractivity contribution in [3.8, 4) is 5.75 Å². The van der Waals surface area contributed by atoms with Crippen LogP contribution in [-0.2, 0) is 16.6 Å². The van der Waals surface area contributed by atoms with Gasteiger partial charge in [0.15, 0.2) is 0 Å². The van der Waals surface area contributed by atoms with Crippen molar-refractivity contribution in [1.82, 2.24) is 0 Å². The number of sulfonamides is 1. The lowest BCUT2D eigenvalue weighted by Gasteiger charge is -2.23. The third-order valence-corrected chi connectivity index (χ3v) is 6.05. The number of hydrogen-bond acceptors (Lipinski definition) is 4. The second kappa shape index (κ2) is 9.41. The molecule has 1 amide bonds. The van der Waals surface area contributed by atoms with Crippen LogP contribution < -0.4 is 14.4 Å². The molecule has 0 spiro atoms. The number of halogens is 1. The van der Waals surface area contributed by atoms with Gasteiger partial charge in [-0.3, -0.25) is 9.10 Å². The summed E-state index contributed by atoms with van der Waals surface area (Å²) in [6.07, 6.45) is 1.15. The lowest BCUT2D eigenvalue weighted by atomic mass is 10.1. The quantitative estimate of drug-likeness (QED) is 0.547. The first-order valence-corrected chi connectivity index (χ1v) is 11.7. The van der Waals surface area contributed by atoms with Crippen molar-refractivity contribution in [2.75, 3.05) is 23.0 Å². The molecule has 0 bridgehead atoms. The number of carbonyl (C=O) groups excluding carboxylic acids is 1. The molecule has 0 aromatic heterocycles. The SMILES string of the molecule is COc1ccc(C)cc1NC(=O)c1ccc(N(Cc2ccc(Cl)cc2)S(C)(=O)=O)cc1. The molecule has 3 aromatic rings. The van der Waals surface area contributed by atoms with Gasteiger partial charge in [0.05, 0.1) is 31.3 Å². The summed E-state index contributed by atoms with van der Waals surface area (Å²) in [6, 6.07) is 18.9. The van der Waals surface area contributed by atoms with Gasteiger partial charge in [-0.1, -0.05) is 29.8 Å². The maximum absolute atomic E-state index is 12.7. The molecule has 0 saturated heterocycles. The van der Waals surface area contributed by atoms with E-state index in [2.05, 4.69) is 5.32 Å². The van der Waals surface area contributed by atoms with Crippen LogP contribution in [0.1, 0.15) is 21.5 Å². The Hall–Kier alpha value is -3.03. The number of nitrogens with zero attached hydrogens (tertiary/aromatic N) is 1. The van der Waals surface area contributed by atoms with E-state index in [0.717, 1.165) is 17.4 Å². The van der Waals surface area contributed by atoms with E-state index in [1.807, 2.05) is 19.1 Å². The highest BCUT2D eigenvalue weighted by Gasteiger charge is 2.19. The van der Waals surface area contributed by atoms with Crippen LogP contribution >= 0.6 is 11.6 Å². The molecular formula is C23H23ClN2O4S. The molecule has 162 valence electrons. The van der Waals surface area contributed by atoms with E-state index in [0.29, 0.717) is 27.7 Å². The minimum Gasteiger partial charge on any atom is -0.495 e. The second-order valence-corrected chi connectivity index (χ2v) is 9.44. The lowest BCUT2D eigenvalue weighted by molar-refractivity contribution is 0.102. The number of amides is 1. The Morgan fingerprint density at radius 1 is 1.03 bits per heavy atom. The van der Waals surface area contributed by atoms with Crippen molar-refractivity contribution < 1.29 is 17.9 Å². The van der Waals surface area contributed by atoms with E-state index < -0.39 is 10.0 Å². The van der Waals surface area contributed by atoms with Crippen LogP contribution in [0.4, 0.5) is 11.4 Å². The Morgan fingerprint density at radius 2 is 1.68 bits per heavy atom. The number of ether oxygens (including phenoxy) is 1. The van der Waals surface area contributed by atoms with Crippen molar-refractivity contribution in [3.05, 3.63) is 88.4 Å². The van der Waals surface area contributed by atoms with E-state index in [9.17, 15) is 13.2 Å². The number of nitrogens with one attached hydrogen (secondary N) is 1. The van der Waals surface area contributed by atoms with Crippen LogP contribution in [0.5, 0.6) is 5.75 Å². The number of methoxy groups -OCH3 is 1. The monoisotopic (exact) mass is 458 g/mol. The zero-order valence-electron chi connectivity index (χ0n) is 17.4. The first kappa shape index (κ1) is 22.7. The number of anilines is 2. The van der Waals surface area contributed by atoms with Gasteiger partial charge in [-0.25, -0.2) is 8.42 Å². The van der Waals surface area contributed by atoms with E-state index in [-0.39, 0.29) is 12.5 Å². The summed E-state index contributed by atoms with van der Waals surface area (Å²) in [7, 11) is -2.00. The summed E-state index contributed by atoms with van der Waals surface area (Å²) in [5.74, 6) is 0.237. The number of aryl methyl sites for hydroxylation is 1. The average molecular weight is 459 g/mol. The molecule has 0 radical (unpaired) electrons. The number of rotatable bonds is 7. The lowest BCUT2D eigenvalue weighted by Crippen LogP contribution is -2.29. The minimum atomic E-state index is -3.54. The average Bonchev–Trinajstić information content (AvgIpc) is 2.73. The Kier molecular flexibility index (Phi) is 6.87. The molecule has 0 aliphatic heterocycles. The van der Waals surface area contributed by atoms with Gasteiger partial charge in [0.2, 0.25) is 10.0 Å². The van der Waals surface area contributed by atoms with Gasteiger partial charge in [0.1, 0.15) is 5.75 Å². The molecule has 3 rings (SSSR count). The summed E-state index contributed by atoms with van der Waals surface area (Å²) in [4.78, 5) is 12.7. The van der Waals surface area contributed by atoms with Crippen molar-refractivity contribution in [2.45, 2.75) is 13.5 Å². The van der Waals surface area contributed by atoms with Crippen LogP contribution in [0, 0.1) is 6.92 Å². The fraction of sp³-hybridized carbons (Fsp3) is 0.174. The van der Waals surface area contributed by atoms with E-state index in [1.165, 1.54) is 11.4 Å². The zero-order chi connectivity index (χ0) is 22.6. The first-order valence-electron chi connectivity index (χ1n) is 9.45. The molecule has 1 N–H and O–H groups in total. The third-order valence-electron chi connectivity index (χ3n) is 4.66. The molecular weight excluding hydrogens is 436 g/mol. The van der Waals surface area contributed by atoms with Gasteiger partial charge in [-0.2, -0.15) is 0 Å². The topological polar surface area (TPSA) is 75.7 Å². The highest BCUT2D eigenvalue weighted by atomic mass is 35.5. The predicted molar refractivity (Wildman–Crippen MR) is 125 cm³/mol. The van der Waals surface area contributed by atoms with Gasteiger partial charge < -0.3 is 10.1 Å². The van der Waals surface area contributed by atoms with Crippen molar-refractivity contribution >= 4 is 38.9 Å². The van der Waals surface area contributed by atoms with Gasteiger partial charge >= 0.3 is 0 Å². The number of hydrogen-bond donors (Lipinski definition) is 1. The van der Waals surface area contributed by atoms with Crippen LogP contribution in [0.3, 0.4) is 0 Å². The normalized spacial score (nSPS) is 11.1. The summed E-state index contributed by atoms with van der Waals surface area (Å²) >= 11 is 5.91. The van der Waals surface area contributed by atoms with Gasteiger partial charge in [-0.05, 0) is 66.6 Å². The maximum Gasteiger partial charge on any atom is 0.255 e. The molecule has 0 fully saturated rings. The van der Waals surface area contributed by atoms with Crippen molar-refractivity contribution in [1.29, 1.82) is 0 Å². The maximum atomic E-state index is 12.7. The number of benzene rings is 3. The van der Waals surface area contributed by atoms with Crippen LogP contribution in [0.15, 0.2) is 66.7 Å². The molecule has 0 aliphatic carbocycles. The summed E-state index contributed by atoms with van der Waals surface area (Å²) in [5, 5.41) is 3.41. The van der Waals surface area contributed by atoms with Crippen LogP contribution in [-0.4, -0.2) is 27.7 Å². The third kappa shape index (κ3) is 5.77. The molecule has 8 heteroatoms. The van der Waals surface area contributed by atoms with Crippen molar-refractivity contribution in [3.63, 3.8) is 0 Å². The molecule has 0 unspecified atom stereocenters. The Morgan fingerprint density at radius 3 is 2.26 bits per heavy atom. The molecule has 0 aliphatic rings. The number of carbonyl (C=O) groups is 1. The summed E-state index contributed by atoms with van der Waals surface area (Å²) in [6.45, 7) is 2.08. The van der Waals surface area contributed by atoms with E-state index >= 15 is 0 Å². The van der Waals surface area contributed by atoms with E-state index in [4.69, 9.17) is 16.3 Å². The summed E-state index contributed by atoms with van der Waals surface area (Å²) in [5.41, 5.74) is 3.20. The van der Waals surface area contributed by atoms with Gasteiger partial charge in [0, 0.05) is 10.6 Å². The Labute approximate surface area is 187 Å². The minimum absolute atomic E-state index is 0.155. The smallest absolute Gasteiger partial charge is 0.255 e. The van der Waals surface area contributed by atoms with Crippen LogP contribution in [0.25, 0.3) is 0 Å². The zero-order valence-corrected chi connectivity index (χ0v) is 19.0. The highest BCUT2D eigenvalue weighted by molar-refractivity contribution is 7.92. The first-order chi connectivity index (χ1) is 14.7. The molecule has 6 nitrogen and oxygen atoms in total. The predicted octanol–water partition coefficient (Wildman–Crippen LogP) is 4.88. The van der Waals surface area contributed by atoms with Gasteiger partial charge in [0.25, 0.3) is 5.91 Å². The Balaban J connectivity index is 1.82. The summed E-state index contributed by atoms with van der Waals surface area (Å²) < 4.78 is 31.3. The largest absolute Gasteiger partial charge is 0.495 e. The molecule has 3 aromatic carbocycles. The van der Waals surface area contributed by atoms with Crippen LogP contribution in [0.2, 0.25) is 5.02 Å². The van der Waals surface area contributed by atoms with Crippen molar-refractivity contribution in [2.24, 2.45) is 0 Å². The standard InChI is InChI=1S/C23H23ClN2O4S/c1-16-4-13-22(30-2)21(14-16)25-23(27)18-7-11-20(12-8-18)26(31(3,28)29)15-17-5-9-19(24)10-6-17/h4-14H,15H2,1-3H3,(H,25,27). The molecule has 0 heterocycles. The second-order valence-electron chi connectivity index (χ2n) is 7.10.